The van der Waals surface area contributed by atoms with Crippen LogP contribution in [0.25, 0.3) is 0 Å². The molecule has 0 aliphatic carbocycles. The van der Waals surface area contributed by atoms with Gasteiger partial charge in [0.1, 0.15) is 11.5 Å². The van der Waals surface area contributed by atoms with Crippen LogP contribution in [0.5, 0.6) is 11.5 Å². The summed E-state index contributed by atoms with van der Waals surface area (Å²) in [7, 11) is -2.08. The highest BCUT2D eigenvalue weighted by atomic mass is 32.2. The van der Waals surface area contributed by atoms with E-state index in [-0.39, 0.29) is 24.4 Å². The van der Waals surface area contributed by atoms with E-state index >= 15 is 0 Å². The standard InChI is InChI=1S/C18H23N3O6S/c1-27-13-4-5-14(12(7-13)9-18(19)24)20-10-17(23)11-3-6-16(22)15(8-11)21-28(2,25)26/h3-8,17,20-23H,9-10H2,1-2H3,(H2,19,24)/t17-/m0/s1. The fraction of sp³-hybridized carbons (Fsp3) is 0.278. The molecule has 6 N–H and O–H groups in total. The van der Waals surface area contributed by atoms with Crippen LogP contribution in [0.3, 0.4) is 0 Å². The Bertz CT molecular complexity index is 962. The van der Waals surface area contributed by atoms with Gasteiger partial charge < -0.3 is 26.0 Å². The molecule has 0 saturated heterocycles. The van der Waals surface area contributed by atoms with Crippen LogP contribution >= 0.6 is 0 Å². The normalized spacial score (nSPS) is 12.2. The van der Waals surface area contributed by atoms with Crippen molar-refractivity contribution in [1.29, 1.82) is 0 Å². The minimum absolute atomic E-state index is 0.00271. The Morgan fingerprint density at radius 1 is 1.21 bits per heavy atom. The maximum absolute atomic E-state index is 11.4. The molecule has 9 nitrogen and oxygen atoms in total. The first-order chi connectivity index (χ1) is 13.1. The van der Waals surface area contributed by atoms with Crippen molar-refractivity contribution >= 4 is 27.3 Å². The van der Waals surface area contributed by atoms with Gasteiger partial charge >= 0.3 is 0 Å². The fourth-order valence-electron chi connectivity index (χ4n) is 2.57. The molecule has 10 heteroatoms. The van der Waals surface area contributed by atoms with Crippen LogP contribution in [0.4, 0.5) is 11.4 Å². The number of aliphatic hydroxyl groups excluding tert-OH is 1. The Morgan fingerprint density at radius 3 is 2.54 bits per heavy atom. The second-order valence-corrected chi connectivity index (χ2v) is 7.96. The van der Waals surface area contributed by atoms with Gasteiger partial charge in [0.15, 0.2) is 0 Å². The number of nitrogens with one attached hydrogen (secondary N) is 2. The second-order valence-electron chi connectivity index (χ2n) is 6.21. The fourth-order valence-corrected chi connectivity index (χ4v) is 3.13. The number of anilines is 2. The third kappa shape index (κ3) is 6.03. The molecule has 152 valence electrons. The van der Waals surface area contributed by atoms with Gasteiger partial charge in [-0.1, -0.05) is 6.07 Å². The summed E-state index contributed by atoms with van der Waals surface area (Å²) in [6.45, 7) is 0.0706. The van der Waals surface area contributed by atoms with Crippen LogP contribution in [0.15, 0.2) is 36.4 Å². The number of hydrogen-bond acceptors (Lipinski definition) is 7. The summed E-state index contributed by atoms with van der Waals surface area (Å²) in [5.74, 6) is -0.197. The monoisotopic (exact) mass is 409 g/mol. The summed E-state index contributed by atoms with van der Waals surface area (Å²) in [6.07, 6.45) is -0.0533. The van der Waals surface area contributed by atoms with Crippen LogP contribution < -0.4 is 20.5 Å². The van der Waals surface area contributed by atoms with Crippen LogP contribution in [-0.4, -0.2) is 44.4 Å². The smallest absolute Gasteiger partial charge is 0.229 e. The first kappa shape index (κ1) is 21.3. The number of aliphatic hydroxyl groups is 1. The summed E-state index contributed by atoms with van der Waals surface area (Å²) in [6, 6.07) is 9.20. The van der Waals surface area contributed by atoms with E-state index < -0.39 is 22.0 Å². The van der Waals surface area contributed by atoms with Gasteiger partial charge in [0.25, 0.3) is 0 Å². The van der Waals surface area contributed by atoms with Crippen molar-refractivity contribution in [1.82, 2.24) is 0 Å². The predicted molar refractivity (Wildman–Crippen MR) is 106 cm³/mol. The lowest BCUT2D eigenvalue weighted by Gasteiger charge is -2.17. The number of sulfonamides is 1. The molecule has 2 rings (SSSR count). The van der Waals surface area contributed by atoms with Crippen LogP contribution in [-0.2, 0) is 21.2 Å². The summed E-state index contributed by atoms with van der Waals surface area (Å²) in [4.78, 5) is 11.3. The van der Waals surface area contributed by atoms with E-state index in [1.807, 2.05) is 0 Å². The summed E-state index contributed by atoms with van der Waals surface area (Å²) < 4.78 is 30.1. The molecule has 2 aromatic rings. The van der Waals surface area contributed by atoms with Crippen molar-refractivity contribution in [2.45, 2.75) is 12.5 Å². The van der Waals surface area contributed by atoms with E-state index in [2.05, 4.69) is 10.0 Å². The third-order valence-electron chi connectivity index (χ3n) is 3.86. The highest BCUT2D eigenvalue weighted by Gasteiger charge is 2.14. The number of hydrogen-bond donors (Lipinski definition) is 5. The van der Waals surface area contributed by atoms with Gasteiger partial charge in [-0.05, 0) is 41.5 Å². The van der Waals surface area contributed by atoms with Crippen LogP contribution in [0.2, 0.25) is 0 Å². The van der Waals surface area contributed by atoms with Crippen molar-refractivity contribution < 1.29 is 28.2 Å². The zero-order chi connectivity index (χ0) is 20.9. The SMILES string of the molecule is COc1ccc(NC[C@H](O)c2ccc(O)c(NS(C)(=O)=O)c2)c(CC(N)=O)c1. The molecule has 28 heavy (non-hydrogen) atoms. The number of ether oxygens (including phenoxy) is 1. The molecular weight excluding hydrogens is 386 g/mol. The van der Waals surface area contributed by atoms with Gasteiger partial charge in [-0.2, -0.15) is 0 Å². The van der Waals surface area contributed by atoms with Crippen LogP contribution in [0, 0.1) is 0 Å². The molecule has 0 radical (unpaired) electrons. The first-order valence-electron chi connectivity index (χ1n) is 8.27. The first-order valence-corrected chi connectivity index (χ1v) is 10.2. The van der Waals surface area contributed by atoms with E-state index in [0.717, 1.165) is 6.26 Å². The number of rotatable bonds is 9. The quantitative estimate of drug-likeness (QED) is 0.387. The van der Waals surface area contributed by atoms with Crippen molar-refractivity contribution in [2.24, 2.45) is 5.73 Å². The molecule has 0 fully saturated rings. The van der Waals surface area contributed by atoms with Gasteiger partial charge in [-0.25, -0.2) is 8.42 Å². The number of amides is 1. The second kappa shape index (κ2) is 8.81. The number of primary amides is 1. The molecule has 2 aromatic carbocycles. The molecule has 0 spiro atoms. The molecule has 0 bridgehead atoms. The minimum Gasteiger partial charge on any atom is -0.506 e. The lowest BCUT2D eigenvalue weighted by Crippen LogP contribution is -2.17. The minimum atomic E-state index is -3.58. The predicted octanol–water partition coefficient (Wildman–Crippen LogP) is 0.946. The summed E-state index contributed by atoms with van der Waals surface area (Å²) in [5, 5.41) is 23.2. The number of phenolic OH excluding ortho intramolecular Hbond substituents is 1. The maximum Gasteiger partial charge on any atom is 0.229 e. The van der Waals surface area contributed by atoms with Crippen LogP contribution in [0.1, 0.15) is 17.2 Å². The van der Waals surface area contributed by atoms with Crippen molar-refractivity contribution in [2.75, 3.05) is 29.9 Å². The Morgan fingerprint density at radius 2 is 1.93 bits per heavy atom. The molecule has 0 aliphatic rings. The summed E-state index contributed by atoms with van der Waals surface area (Å²) >= 11 is 0. The maximum atomic E-state index is 11.4. The number of aromatic hydroxyl groups is 1. The zero-order valence-electron chi connectivity index (χ0n) is 15.5. The average Bonchev–Trinajstić information content (AvgIpc) is 2.60. The summed E-state index contributed by atoms with van der Waals surface area (Å²) in [5.41, 5.74) is 6.86. The van der Waals surface area contributed by atoms with Gasteiger partial charge in [0.05, 0.1) is 31.6 Å². The number of carbonyl (C=O) groups excluding carboxylic acids is 1. The highest BCUT2D eigenvalue weighted by Crippen LogP contribution is 2.29. The Hall–Kier alpha value is -2.98. The van der Waals surface area contributed by atoms with Gasteiger partial charge in [0, 0.05) is 12.2 Å². The number of methoxy groups -OCH3 is 1. The van der Waals surface area contributed by atoms with Gasteiger partial charge in [0.2, 0.25) is 15.9 Å². The number of nitrogens with two attached hydrogens (primary N) is 1. The Balaban J connectivity index is 2.17. The zero-order valence-corrected chi connectivity index (χ0v) is 16.3. The average molecular weight is 409 g/mol. The molecule has 1 atom stereocenters. The number of carbonyl (C=O) groups is 1. The van der Waals surface area contributed by atoms with Gasteiger partial charge in [-0.15, -0.1) is 0 Å². The number of benzene rings is 2. The largest absolute Gasteiger partial charge is 0.506 e. The molecule has 0 aliphatic heterocycles. The van der Waals surface area contributed by atoms with E-state index in [1.165, 1.54) is 25.3 Å². The van der Waals surface area contributed by atoms with Crippen molar-refractivity contribution in [3.8, 4) is 11.5 Å². The topological polar surface area (TPSA) is 151 Å². The Kier molecular flexibility index (Phi) is 6.71. The highest BCUT2D eigenvalue weighted by molar-refractivity contribution is 7.92. The van der Waals surface area contributed by atoms with E-state index in [0.29, 0.717) is 22.6 Å². The third-order valence-corrected chi connectivity index (χ3v) is 4.45. The molecule has 0 aromatic heterocycles. The molecule has 0 unspecified atom stereocenters. The van der Waals surface area contributed by atoms with E-state index in [1.54, 1.807) is 18.2 Å². The Labute approximate surface area is 163 Å². The lowest BCUT2D eigenvalue weighted by atomic mass is 10.1. The number of phenols is 1. The molecular formula is C18H23N3O6S. The molecule has 1 amide bonds. The van der Waals surface area contributed by atoms with E-state index in [4.69, 9.17) is 10.5 Å². The lowest BCUT2D eigenvalue weighted by molar-refractivity contribution is -0.117. The molecule has 0 heterocycles. The van der Waals surface area contributed by atoms with Gasteiger partial charge in [-0.3, -0.25) is 9.52 Å². The molecule has 0 saturated carbocycles. The van der Waals surface area contributed by atoms with Crippen molar-refractivity contribution in [3.05, 3.63) is 47.5 Å². The van der Waals surface area contributed by atoms with Crippen molar-refractivity contribution in [3.63, 3.8) is 0 Å². The van der Waals surface area contributed by atoms with E-state index in [9.17, 15) is 23.4 Å².